The number of hydrogen-bond acceptors (Lipinski definition) is 6. The van der Waals surface area contributed by atoms with E-state index in [0.29, 0.717) is 12.1 Å². The number of aliphatic hydroxyl groups is 1. The van der Waals surface area contributed by atoms with Gasteiger partial charge in [0.1, 0.15) is 0 Å². The van der Waals surface area contributed by atoms with Gasteiger partial charge in [0, 0.05) is 44.9 Å². The molecule has 1 N–H and O–H groups in total. The maximum atomic E-state index is 11.5. The molecule has 6 heteroatoms. The lowest BCUT2D eigenvalue weighted by Crippen LogP contribution is -2.58. The van der Waals surface area contributed by atoms with Gasteiger partial charge in [-0.15, -0.1) is 11.3 Å². The first-order chi connectivity index (χ1) is 12.1. The fourth-order valence-electron chi connectivity index (χ4n) is 4.19. The summed E-state index contributed by atoms with van der Waals surface area (Å²) in [5.41, 5.74) is 1.24. The highest BCUT2D eigenvalue weighted by Gasteiger charge is 2.33. The van der Waals surface area contributed by atoms with Gasteiger partial charge in [-0.1, -0.05) is 0 Å². The maximum Gasteiger partial charge on any atom is 0.169 e. The van der Waals surface area contributed by atoms with Gasteiger partial charge in [0.25, 0.3) is 0 Å². The Labute approximate surface area is 155 Å². The van der Waals surface area contributed by atoms with Crippen LogP contribution in [0.4, 0.5) is 0 Å². The third kappa shape index (κ3) is 4.89. The second kappa shape index (κ2) is 8.73. The van der Waals surface area contributed by atoms with Crippen LogP contribution in [0.2, 0.25) is 0 Å². The first-order valence-electron chi connectivity index (χ1n) is 9.42. The number of nitrogens with zero attached hydrogens (tertiary/aromatic N) is 3. The van der Waals surface area contributed by atoms with Crippen LogP contribution in [0.1, 0.15) is 41.4 Å². The Morgan fingerprint density at radius 2 is 2.04 bits per heavy atom. The Morgan fingerprint density at radius 3 is 2.68 bits per heavy atom. The number of rotatable bonds is 6. The van der Waals surface area contributed by atoms with Crippen molar-refractivity contribution in [3.05, 3.63) is 21.9 Å². The minimum Gasteiger partial charge on any atom is -0.396 e. The molecule has 2 aliphatic rings. The zero-order chi connectivity index (χ0) is 17.8. The molecule has 140 valence electrons. The number of aliphatic hydroxyl groups excluding tert-OH is 1. The lowest BCUT2D eigenvalue weighted by atomic mass is 9.98. The van der Waals surface area contributed by atoms with Crippen LogP contribution < -0.4 is 0 Å². The number of hydrogen-bond donors (Lipinski definition) is 1. The normalized spacial score (nSPS) is 24.7. The lowest BCUT2D eigenvalue weighted by molar-refractivity contribution is 0.00603. The van der Waals surface area contributed by atoms with Gasteiger partial charge in [-0.25, -0.2) is 0 Å². The van der Waals surface area contributed by atoms with E-state index >= 15 is 0 Å². The summed E-state index contributed by atoms with van der Waals surface area (Å²) in [5, 5.41) is 11.6. The molecule has 3 rings (SSSR count). The predicted molar refractivity (Wildman–Crippen MR) is 102 cm³/mol. The van der Waals surface area contributed by atoms with Crippen molar-refractivity contribution in [2.75, 3.05) is 46.4 Å². The first-order valence-corrected chi connectivity index (χ1v) is 10.3. The number of likely N-dealkylation sites (tertiary alicyclic amines) is 1. The van der Waals surface area contributed by atoms with Crippen LogP contribution in [-0.4, -0.2) is 84.1 Å². The van der Waals surface area contributed by atoms with Crippen molar-refractivity contribution in [1.82, 2.24) is 14.7 Å². The van der Waals surface area contributed by atoms with Gasteiger partial charge >= 0.3 is 0 Å². The highest BCUT2D eigenvalue weighted by atomic mass is 32.1. The van der Waals surface area contributed by atoms with Crippen LogP contribution in [0.25, 0.3) is 0 Å². The van der Waals surface area contributed by atoms with Crippen LogP contribution in [-0.2, 0) is 6.54 Å². The SMILES string of the molecule is CC(=O)c1cc(CN2CCN(C3CCN(C)CC3)C(CCO)C2)cs1. The molecular formula is C19H31N3O2S. The number of carbonyl (C=O) groups is 1. The Morgan fingerprint density at radius 1 is 1.28 bits per heavy atom. The van der Waals surface area contributed by atoms with E-state index in [1.165, 1.54) is 31.5 Å². The average molecular weight is 366 g/mol. The van der Waals surface area contributed by atoms with E-state index in [4.69, 9.17) is 0 Å². The molecule has 0 bridgehead atoms. The van der Waals surface area contributed by atoms with E-state index in [-0.39, 0.29) is 12.4 Å². The fourth-order valence-corrected chi connectivity index (χ4v) is 5.00. The van der Waals surface area contributed by atoms with Crippen molar-refractivity contribution in [3.63, 3.8) is 0 Å². The molecule has 25 heavy (non-hydrogen) atoms. The number of carbonyl (C=O) groups excluding carboxylic acids is 1. The third-order valence-electron chi connectivity index (χ3n) is 5.64. The van der Waals surface area contributed by atoms with E-state index in [0.717, 1.165) is 37.5 Å². The number of piperidine rings is 1. The van der Waals surface area contributed by atoms with E-state index < -0.39 is 0 Å². The standard InChI is InChI=1S/C19H31N3O2S/c1-15(24)19-11-16(14-25-19)12-21-8-9-22(18(13-21)5-10-23)17-3-6-20(2)7-4-17/h11,14,17-18,23H,3-10,12-13H2,1-2H3. The van der Waals surface area contributed by atoms with Crippen LogP contribution >= 0.6 is 11.3 Å². The van der Waals surface area contributed by atoms with Crippen molar-refractivity contribution in [3.8, 4) is 0 Å². The molecule has 2 fully saturated rings. The molecule has 5 nitrogen and oxygen atoms in total. The summed E-state index contributed by atoms with van der Waals surface area (Å²) in [4.78, 5) is 19.9. The summed E-state index contributed by atoms with van der Waals surface area (Å²) < 4.78 is 0. The lowest BCUT2D eigenvalue weighted by Gasteiger charge is -2.47. The molecule has 0 radical (unpaired) electrons. The van der Waals surface area contributed by atoms with Gasteiger partial charge in [-0.05, 0) is 63.3 Å². The van der Waals surface area contributed by atoms with Gasteiger partial charge in [0.15, 0.2) is 5.78 Å². The molecule has 0 amide bonds. The molecule has 2 aliphatic heterocycles. The molecule has 0 saturated carbocycles. The Hall–Kier alpha value is -0.790. The second-order valence-electron chi connectivity index (χ2n) is 7.55. The predicted octanol–water partition coefficient (Wildman–Crippen LogP) is 1.91. The zero-order valence-electron chi connectivity index (χ0n) is 15.5. The minimum atomic E-state index is 0.154. The molecule has 1 aromatic heterocycles. The van der Waals surface area contributed by atoms with Crippen LogP contribution in [0.3, 0.4) is 0 Å². The van der Waals surface area contributed by atoms with E-state index in [9.17, 15) is 9.90 Å². The summed E-state index contributed by atoms with van der Waals surface area (Å²) in [7, 11) is 2.20. The zero-order valence-corrected chi connectivity index (χ0v) is 16.3. The first kappa shape index (κ1) is 19.0. The van der Waals surface area contributed by atoms with E-state index in [1.54, 1.807) is 18.3 Å². The van der Waals surface area contributed by atoms with Gasteiger partial charge in [-0.2, -0.15) is 0 Å². The van der Waals surface area contributed by atoms with Gasteiger partial charge < -0.3 is 10.0 Å². The number of Topliss-reactive ketones (excluding diaryl/α,β-unsaturated/α-hetero) is 1. The summed E-state index contributed by atoms with van der Waals surface area (Å²) in [6.45, 7) is 8.33. The average Bonchev–Trinajstić information content (AvgIpc) is 3.05. The molecule has 1 aromatic rings. The molecule has 1 unspecified atom stereocenters. The quantitative estimate of drug-likeness (QED) is 0.781. The molecular weight excluding hydrogens is 334 g/mol. The molecule has 3 heterocycles. The molecule has 0 spiro atoms. The minimum absolute atomic E-state index is 0.154. The Balaban J connectivity index is 1.59. The highest BCUT2D eigenvalue weighted by molar-refractivity contribution is 7.12. The van der Waals surface area contributed by atoms with Crippen molar-refractivity contribution in [1.29, 1.82) is 0 Å². The fraction of sp³-hybridized carbons (Fsp3) is 0.737. The van der Waals surface area contributed by atoms with Crippen molar-refractivity contribution < 1.29 is 9.90 Å². The largest absolute Gasteiger partial charge is 0.396 e. The summed E-state index contributed by atoms with van der Waals surface area (Å²) in [6, 6.07) is 3.15. The highest BCUT2D eigenvalue weighted by Crippen LogP contribution is 2.24. The van der Waals surface area contributed by atoms with Gasteiger partial charge in [-0.3, -0.25) is 14.6 Å². The third-order valence-corrected chi connectivity index (χ3v) is 6.72. The maximum absolute atomic E-state index is 11.5. The van der Waals surface area contributed by atoms with Crippen LogP contribution in [0.15, 0.2) is 11.4 Å². The summed E-state index contributed by atoms with van der Waals surface area (Å²) in [5.74, 6) is 0.154. The Kier molecular flexibility index (Phi) is 6.63. The topological polar surface area (TPSA) is 47.0 Å². The van der Waals surface area contributed by atoms with Crippen molar-refractivity contribution in [2.24, 2.45) is 0 Å². The molecule has 2 saturated heterocycles. The van der Waals surface area contributed by atoms with Gasteiger partial charge in [0.2, 0.25) is 0 Å². The smallest absolute Gasteiger partial charge is 0.169 e. The van der Waals surface area contributed by atoms with Crippen molar-refractivity contribution in [2.45, 2.75) is 44.8 Å². The summed E-state index contributed by atoms with van der Waals surface area (Å²) in [6.07, 6.45) is 3.33. The van der Waals surface area contributed by atoms with Gasteiger partial charge in [0.05, 0.1) is 4.88 Å². The number of thiophene rings is 1. The van der Waals surface area contributed by atoms with Crippen LogP contribution in [0.5, 0.6) is 0 Å². The van der Waals surface area contributed by atoms with Crippen LogP contribution in [0, 0.1) is 0 Å². The monoisotopic (exact) mass is 365 g/mol. The molecule has 0 aliphatic carbocycles. The number of ketones is 1. The van der Waals surface area contributed by atoms with E-state index in [2.05, 4.69) is 27.1 Å². The Bertz CT molecular complexity index is 569. The number of piperazine rings is 1. The second-order valence-corrected chi connectivity index (χ2v) is 8.46. The molecule has 1 atom stereocenters. The summed E-state index contributed by atoms with van der Waals surface area (Å²) >= 11 is 1.55. The van der Waals surface area contributed by atoms with E-state index in [1.807, 2.05) is 6.07 Å². The van der Waals surface area contributed by atoms with Crippen molar-refractivity contribution >= 4 is 17.1 Å². The molecule has 0 aromatic carbocycles.